The predicted molar refractivity (Wildman–Crippen MR) is 260 cm³/mol. The molecule has 1 aliphatic heterocycles. The Morgan fingerprint density at radius 2 is 0.700 bits per heavy atom. The van der Waals surface area contributed by atoms with Gasteiger partial charge >= 0.3 is 8.72 Å². The maximum absolute atomic E-state index is 6.43. The van der Waals surface area contributed by atoms with Crippen molar-refractivity contribution < 1.29 is 0 Å². The molecule has 0 N–H and O–H groups in total. The number of hydrogen-bond acceptors (Lipinski definition) is 4. The van der Waals surface area contributed by atoms with Crippen molar-refractivity contribution in [2.75, 3.05) is 9.13 Å². The molecule has 304 valence electrons. The van der Waals surface area contributed by atoms with Gasteiger partial charge in [0.2, 0.25) is 0 Å². The van der Waals surface area contributed by atoms with Gasteiger partial charge in [0, 0.05) is 22.8 Å². The molecule has 7 rings (SSSR count). The zero-order valence-electron chi connectivity index (χ0n) is 36.9. The van der Waals surface area contributed by atoms with Gasteiger partial charge in [-0.05, 0) is 81.2 Å². The van der Waals surface area contributed by atoms with Gasteiger partial charge in [0.05, 0.1) is 11.4 Å². The summed E-state index contributed by atoms with van der Waals surface area (Å²) in [5.41, 5.74) is 15.2. The number of anilines is 2. The first-order valence-electron chi connectivity index (χ1n) is 21.6. The van der Waals surface area contributed by atoms with Gasteiger partial charge < -0.3 is 9.13 Å². The van der Waals surface area contributed by atoms with E-state index in [0.29, 0.717) is 0 Å². The van der Waals surface area contributed by atoms with E-state index in [1.54, 1.807) is 0 Å². The minimum Gasteiger partial charge on any atom is -0.317 e. The van der Waals surface area contributed by atoms with Crippen LogP contribution in [-0.4, -0.2) is 20.1 Å². The van der Waals surface area contributed by atoms with Gasteiger partial charge in [-0.25, -0.2) is 0 Å². The Balaban J connectivity index is 1.81. The Morgan fingerprint density at radius 3 is 0.983 bits per heavy atom. The standard InChI is InChI=1S/C55H60N4Si/c1-38(2)48-33-23-34-49(39(3)4)54(48)58-42(9)37-43(10)59(55-50(40(5)6)35-24-36-51(55)41(7)8)60(58,56-52(44-25-15-11-16-26-44)45-27-17-12-18-28-45)57-53(46-29-19-13-20-30-46)47-31-21-14-22-32-47/h11-41H,9H2,1-8,10H3. The van der Waals surface area contributed by atoms with Crippen molar-refractivity contribution in [1.82, 2.24) is 0 Å². The molecule has 0 spiro atoms. The lowest BCUT2D eigenvalue weighted by Crippen LogP contribution is -2.67. The topological polar surface area (TPSA) is 31.2 Å². The Kier molecular flexibility index (Phi) is 12.7. The van der Waals surface area contributed by atoms with Gasteiger partial charge in [0.25, 0.3) is 0 Å². The van der Waals surface area contributed by atoms with Crippen LogP contribution in [0.15, 0.2) is 191 Å². The van der Waals surface area contributed by atoms with Crippen LogP contribution in [0.25, 0.3) is 0 Å². The summed E-state index contributed by atoms with van der Waals surface area (Å²) in [7, 11) is -4.04. The summed E-state index contributed by atoms with van der Waals surface area (Å²) >= 11 is 0. The smallest absolute Gasteiger partial charge is 0.317 e. The number of benzene rings is 6. The zero-order chi connectivity index (χ0) is 42.6. The molecule has 0 fully saturated rings. The molecule has 0 saturated heterocycles. The molecule has 1 heterocycles. The summed E-state index contributed by atoms with van der Waals surface area (Å²) in [6.07, 6.45) is 2.27. The monoisotopic (exact) mass is 804 g/mol. The van der Waals surface area contributed by atoms with Gasteiger partial charge in [-0.15, -0.1) is 0 Å². The molecule has 6 aromatic carbocycles. The van der Waals surface area contributed by atoms with Crippen molar-refractivity contribution in [3.8, 4) is 0 Å². The lowest BCUT2D eigenvalue weighted by molar-refractivity contribution is 0.818. The van der Waals surface area contributed by atoms with Crippen LogP contribution >= 0.6 is 0 Å². The first-order chi connectivity index (χ1) is 28.9. The molecule has 1 aliphatic rings. The van der Waals surface area contributed by atoms with Gasteiger partial charge in [0.15, 0.2) is 0 Å². The molecule has 0 amide bonds. The van der Waals surface area contributed by atoms with E-state index >= 15 is 0 Å². The first kappa shape index (κ1) is 42.1. The normalized spacial score (nSPS) is 13.9. The number of hydrogen-bond donors (Lipinski definition) is 0. The molecule has 0 atom stereocenters. The van der Waals surface area contributed by atoms with Crippen molar-refractivity contribution >= 4 is 31.5 Å². The van der Waals surface area contributed by atoms with E-state index in [9.17, 15) is 0 Å². The SMILES string of the molecule is C=C1C=C(C)N(c2c(C(C)C)cccc2C(C)C)[Si](N=C(c2ccccc2)c2ccccc2)(N=C(c2ccccc2)c2ccccc2)N1c1c(C(C)C)cccc1C(C)C. The van der Waals surface area contributed by atoms with Crippen LogP contribution < -0.4 is 9.13 Å². The van der Waals surface area contributed by atoms with Gasteiger partial charge in [0.1, 0.15) is 0 Å². The van der Waals surface area contributed by atoms with Crippen LogP contribution in [0.1, 0.15) is 130 Å². The number of para-hydroxylation sites is 2. The van der Waals surface area contributed by atoms with E-state index in [-0.39, 0.29) is 23.7 Å². The van der Waals surface area contributed by atoms with E-state index in [2.05, 4.69) is 235 Å². The first-order valence-corrected chi connectivity index (χ1v) is 23.4. The Bertz CT molecular complexity index is 2290. The van der Waals surface area contributed by atoms with Gasteiger partial charge in [-0.2, -0.15) is 0 Å². The van der Waals surface area contributed by atoms with E-state index in [1.807, 2.05) is 0 Å². The minimum absolute atomic E-state index is 0.214. The largest absolute Gasteiger partial charge is 0.550 e. The highest BCUT2D eigenvalue weighted by Crippen LogP contribution is 2.49. The fraction of sp³-hybridized carbons (Fsp3) is 0.236. The van der Waals surface area contributed by atoms with Crippen molar-refractivity contribution in [1.29, 1.82) is 0 Å². The second kappa shape index (κ2) is 18.1. The lowest BCUT2D eigenvalue weighted by Gasteiger charge is -2.51. The van der Waals surface area contributed by atoms with Crippen molar-refractivity contribution in [2.24, 2.45) is 9.32 Å². The third kappa shape index (κ3) is 8.24. The summed E-state index contributed by atoms with van der Waals surface area (Å²) in [4.78, 5) is 0. The van der Waals surface area contributed by atoms with Crippen LogP contribution in [0, 0.1) is 0 Å². The molecule has 0 unspecified atom stereocenters. The number of allylic oxidation sites excluding steroid dienone is 2. The van der Waals surface area contributed by atoms with Crippen LogP contribution in [0.4, 0.5) is 11.4 Å². The number of nitrogens with zero attached hydrogens (tertiary/aromatic N) is 4. The molecular formula is C55H60N4Si. The van der Waals surface area contributed by atoms with Gasteiger partial charge in [-0.3, -0.25) is 9.32 Å². The molecule has 0 aliphatic carbocycles. The molecule has 0 radical (unpaired) electrons. The van der Waals surface area contributed by atoms with Gasteiger partial charge in [-0.1, -0.05) is 220 Å². The highest BCUT2D eigenvalue weighted by molar-refractivity contribution is 6.87. The minimum atomic E-state index is -4.04. The maximum atomic E-state index is 6.43. The molecule has 5 heteroatoms. The fourth-order valence-electron chi connectivity index (χ4n) is 8.56. The summed E-state index contributed by atoms with van der Waals surface area (Å²) < 4.78 is 18.0. The highest BCUT2D eigenvalue weighted by Gasteiger charge is 2.57. The summed E-state index contributed by atoms with van der Waals surface area (Å²) in [5.74, 6) is 0.881. The third-order valence-corrected chi connectivity index (χ3v) is 14.8. The van der Waals surface area contributed by atoms with Crippen LogP contribution in [-0.2, 0) is 0 Å². The quantitative estimate of drug-likeness (QED) is 0.0911. The number of rotatable bonds is 12. The van der Waals surface area contributed by atoms with E-state index in [1.165, 1.54) is 27.9 Å². The van der Waals surface area contributed by atoms with Crippen LogP contribution in [0.5, 0.6) is 0 Å². The predicted octanol–water partition coefficient (Wildman–Crippen LogP) is 14.4. The second-order valence-corrected chi connectivity index (χ2v) is 19.7. The van der Waals surface area contributed by atoms with Crippen LogP contribution in [0.2, 0.25) is 0 Å². The lowest BCUT2D eigenvalue weighted by atomic mass is 9.92. The van der Waals surface area contributed by atoms with Crippen molar-refractivity contribution in [2.45, 2.75) is 86.0 Å². The third-order valence-electron chi connectivity index (χ3n) is 11.5. The average molecular weight is 805 g/mol. The molecule has 4 nitrogen and oxygen atoms in total. The second-order valence-electron chi connectivity index (χ2n) is 17.1. The Morgan fingerprint density at radius 1 is 0.417 bits per heavy atom. The van der Waals surface area contributed by atoms with E-state index in [0.717, 1.165) is 50.8 Å². The molecule has 0 saturated carbocycles. The zero-order valence-corrected chi connectivity index (χ0v) is 37.9. The Hall–Kier alpha value is -6.04. The molecule has 60 heavy (non-hydrogen) atoms. The van der Waals surface area contributed by atoms with Crippen molar-refractivity contribution in [3.63, 3.8) is 0 Å². The van der Waals surface area contributed by atoms with E-state index in [4.69, 9.17) is 15.9 Å². The highest BCUT2D eigenvalue weighted by atomic mass is 28.4. The van der Waals surface area contributed by atoms with Crippen LogP contribution in [0.3, 0.4) is 0 Å². The van der Waals surface area contributed by atoms with Crippen molar-refractivity contribution in [3.05, 3.63) is 226 Å². The molecular weight excluding hydrogens is 745 g/mol. The summed E-state index contributed by atoms with van der Waals surface area (Å²) in [6.45, 7) is 25.7. The maximum Gasteiger partial charge on any atom is 0.550 e. The average Bonchev–Trinajstić information content (AvgIpc) is 3.25. The summed E-state index contributed by atoms with van der Waals surface area (Å²) in [5, 5.41) is 0. The Labute approximate surface area is 360 Å². The molecule has 0 bridgehead atoms. The molecule has 6 aromatic rings. The molecule has 0 aromatic heterocycles. The fourth-order valence-corrected chi connectivity index (χ4v) is 12.4. The summed E-state index contributed by atoms with van der Waals surface area (Å²) in [6, 6.07) is 56.4. The van der Waals surface area contributed by atoms with E-state index < -0.39 is 8.72 Å².